The zero-order valence-electron chi connectivity index (χ0n) is 10.6. The molecule has 0 fully saturated rings. The summed E-state index contributed by atoms with van der Waals surface area (Å²) < 4.78 is 7.02. The minimum absolute atomic E-state index is 0.629. The Morgan fingerprint density at radius 2 is 2.22 bits per heavy atom. The third-order valence-corrected chi connectivity index (χ3v) is 2.66. The molecule has 6 heteroatoms. The Morgan fingerprint density at radius 1 is 1.33 bits per heavy atom. The van der Waals surface area contributed by atoms with Crippen LogP contribution in [0, 0.1) is 0 Å². The van der Waals surface area contributed by atoms with Crippen LogP contribution in [-0.2, 0) is 19.6 Å². The first-order valence-corrected chi connectivity index (χ1v) is 5.89. The maximum absolute atomic E-state index is 5.01. The predicted molar refractivity (Wildman–Crippen MR) is 67.0 cm³/mol. The van der Waals surface area contributed by atoms with Crippen LogP contribution in [0.3, 0.4) is 0 Å². The van der Waals surface area contributed by atoms with Gasteiger partial charge in [0.2, 0.25) is 5.88 Å². The third-order valence-electron chi connectivity index (χ3n) is 2.66. The Balaban J connectivity index is 1.84. The van der Waals surface area contributed by atoms with Crippen molar-refractivity contribution < 1.29 is 4.74 Å². The molecule has 0 saturated heterocycles. The first-order chi connectivity index (χ1) is 8.83. The molecule has 18 heavy (non-hydrogen) atoms. The van der Waals surface area contributed by atoms with Gasteiger partial charge < -0.3 is 14.6 Å². The Labute approximate surface area is 106 Å². The maximum atomic E-state index is 5.01. The molecule has 0 atom stereocenters. The average Bonchev–Trinajstić information content (AvgIpc) is 2.87. The average molecular weight is 247 g/mol. The molecule has 0 aliphatic heterocycles. The number of hydrogen-bond acceptors (Lipinski definition) is 5. The molecule has 0 aliphatic rings. The second-order valence-corrected chi connectivity index (χ2v) is 3.85. The number of aryl methyl sites for hydroxylation is 1. The van der Waals surface area contributed by atoms with Crippen molar-refractivity contribution in [3.8, 4) is 5.88 Å². The Hall–Kier alpha value is -1.95. The highest BCUT2D eigenvalue weighted by molar-refractivity contribution is 5.17. The van der Waals surface area contributed by atoms with E-state index in [-0.39, 0.29) is 0 Å². The van der Waals surface area contributed by atoms with E-state index in [1.807, 2.05) is 16.7 Å². The summed E-state index contributed by atoms with van der Waals surface area (Å²) in [6.45, 7) is 4.39. The van der Waals surface area contributed by atoms with E-state index in [4.69, 9.17) is 4.74 Å². The summed E-state index contributed by atoms with van der Waals surface area (Å²) in [4.78, 5) is 4.15. The monoisotopic (exact) mass is 247 g/mol. The molecular weight excluding hydrogens is 230 g/mol. The van der Waals surface area contributed by atoms with E-state index in [0.29, 0.717) is 12.4 Å². The van der Waals surface area contributed by atoms with Gasteiger partial charge in [0.25, 0.3) is 0 Å². The van der Waals surface area contributed by atoms with Gasteiger partial charge in [-0.05, 0) is 12.5 Å². The van der Waals surface area contributed by atoms with Crippen molar-refractivity contribution >= 4 is 0 Å². The maximum Gasteiger partial charge on any atom is 0.212 e. The largest absolute Gasteiger partial charge is 0.481 e. The van der Waals surface area contributed by atoms with Crippen molar-refractivity contribution in [3.63, 3.8) is 0 Å². The van der Waals surface area contributed by atoms with Crippen LogP contribution in [-0.4, -0.2) is 26.9 Å². The highest BCUT2D eigenvalue weighted by Crippen LogP contribution is 2.06. The van der Waals surface area contributed by atoms with E-state index in [1.165, 1.54) is 0 Å². The van der Waals surface area contributed by atoms with Gasteiger partial charge in [-0.1, -0.05) is 6.07 Å². The molecule has 0 aromatic carbocycles. The summed E-state index contributed by atoms with van der Waals surface area (Å²) in [7, 11) is 1.61. The second kappa shape index (κ2) is 6.11. The number of aromatic nitrogens is 4. The lowest BCUT2D eigenvalue weighted by molar-refractivity contribution is 0.397. The van der Waals surface area contributed by atoms with E-state index >= 15 is 0 Å². The van der Waals surface area contributed by atoms with Crippen molar-refractivity contribution in [1.29, 1.82) is 0 Å². The van der Waals surface area contributed by atoms with Crippen LogP contribution in [0.1, 0.15) is 18.3 Å². The van der Waals surface area contributed by atoms with Gasteiger partial charge in [-0.3, -0.25) is 0 Å². The number of nitrogens with zero attached hydrogens (tertiary/aromatic N) is 4. The zero-order chi connectivity index (χ0) is 12.8. The fourth-order valence-electron chi connectivity index (χ4n) is 1.63. The molecule has 2 aromatic rings. The van der Waals surface area contributed by atoms with E-state index in [9.17, 15) is 0 Å². The molecule has 1 N–H and O–H groups in total. The van der Waals surface area contributed by atoms with Gasteiger partial charge in [0, 0.05) is 25.4 Å². The van der Waals surface area contributed by atoms with Gasteiger partial charge in [-0.2, -0.15) is 0 Å². The molecular formula is C12H17N5O. The molecule has 0 saturated carbocycles. The van der Waals surface area contributed by atoms with Crippen molar-refractivity contribution in [3.05, 3.63) is 36.0 Å². The molecule has 96 valence electrons. The zero-order valence-corrected chi connectivity index (χ0v) is 10.6. The quantitative estimate of drug-likeness (QED) is 0.824. The van der Waals surface area contributed by atoms with E-state index in [1.54, 1.807) is 19.6 Å². The first kappa shape index (κ1) is 12.5. The van der Waals surface area contributed by atoms with Crippen LogP contribution in [0.15, 0.2) is 24.7 Å². The van der Waals surface area contributed by atoms with Crippen LogP contribution < -0.4 is 10.1 Å². The molecule has 0 amide bonds. The summed E-state index contributed by atoms with van der Waals surface area (Å²) in [5.41, 5.74) is 1.11. The minimum atomic E-state index is 0.629. The van der Waals surface area contributed by atoms with Gasteiger partial charge in [-0.15, -0.1) is 10.2 Å². The summed E-state index contributed by atoms with van der Waals surface area (Å²) in [6, 6.07) is 3.84. The Bertz CT molecular complexity index is 479. The van der Waals surface area contributed by atoms with Crippen molar-refractivity contribution in [2.75, 3.05) is 7.11 Å². The highest BCUT2D eigenvalue weighted by atomic mass is 16.5. The van der Waals surface area contributed by atoms with E-state index in [2.05, 4.69) is 27.4 Å². The molecule has 6 nitrogen and oxygen atoms in total. The van der Waals surface area contributed by atoms with Gasteiger partial charge in [-0.25, -0.2) is 4.98 Å². The number of nitrogens with one attached hydrogen (secondary N) is 1. The summed E-state index contributed by atoms with van der Waals surface area (Å²) >= 11 is 0. The molecule has 0 spiro atoms. The summed E-state index contributed by atoms with van der Waals surface area (Å²) in [6.07, 6.45) is 3.54. The van der Waals surface area contributed by atoms with Gasteiger partial charge in [0.05, 0.1) is 13.7 Å². The molecule has 0 bridgehead atoms. The van der Waals surface area contributed by atoms with E-state index < -0.39 is 0 Å². The first-order valence-electron chi connectivity index (χ1n) is 5.89. The fraction of sp³-hybridized carbons (Fsp3) is 0.417. The second-order valence-electron chi connectivity index (χ2n) is 3.85. The van der Waals surface area contributed by atoms with Gasteiger partial charge in [0.1, 0.15) is 12.2 Å². The third kappa shape index (κ3) is 3.04. The summed E-state index contributed by atoms with van der Waals surface area (Å²) in [5.74, 6) is 1.57. The van der Waals surface area contributed by atoms with Crippen LogP contribution >= 0.6 is 0 Å². The lowest BCUT2D eigenvalue weighted by Crippen LogP contribution is -2.16. The van der Waals surface area contributed by atoms with Crippen LogP contribution in [0.2, 0.25) is 0 Å². The molecule has 2 rings (SSSR count). The highest BCUT2D eigenvalue weighted by Gasteiger charge is 2.02. The van der Waals surface area contributed by atoms with Crippen LogP contribution in [0.4, 0.5) is 0 Å². The van der Waals surface area contributed by atoms with Crippen LogP contribution in [0.25, 0.3) is 0 Å². The minimum Gasteiger partial charge on any atom is -0.481 e. The lowest BCUT2D eigenvalue weighted by atomic mass is 10.3. The van der Waals surface area contributed by atoms with Crippen LogP contribution in [0.5, 0.6) is 5.88 Å². The van der Waals surface area contributed by atoms with Crippen molar-refractivity contribution in [2.24, 2.45) is 0 Å². The normalized spacial score (nSPS) is 10.6. The number of rotatable bonds is 6. The Morgan fingerprint density at radius 3 is 2.89 bits per heavy atom. The molecule has 2 aromatic heterocycles. The SMILES string of the molecule is CCn1cnnc1CNCc1ccc(OC)nc1. The molecule has 2 heterocycles. The lowest BCUT2D eigenvalue weighted by Gasteiger charge is -2.06. The Kier molecular flexibility index (Phi) is 4.25. The number of hydrogen-bond donors (Lipinski definition) is 1. The number of methoxy groups -OCH3 is 1. The standard InChI is InChI=1S/C12H17N5O/c1-3-17-9-15-16-11(17)8-13-6-10-4-5-12(18-2)14-7-10/h4-5,7,9,13H,3,6,8H2,1-2H3. The van der Waals surface area contributed by atoms with Crippen molar-refractivity contribution in [2.45, 2.75) is 26.6 Å². The van der Waals surface area contributed by atoms with E-state index in [0.717, 1.165) is 24.5 Å². The summed E-state index contributed by atoms with van der Waals surface area (Å²) in [5, 5.41) is 11.3. The topological polar surface area (TPSA) is 64.9 Å². The molecule has 0 unspecified atom stereocenters. The predicted octanol–water partition coefficient (Wildman–Crippen LogP) is 0.991. The van der Waals surface area contributed by atoms with Crippen molar-refractivity contribution in [1.82, 2.24) is 25.1 Å². The number of pyridine rings is 1. The van der Waals surface area contributed by atoms with Gasteiger partial charge >= 0.3 is 0 Å². The molecule has 0 radical (unpaired) electrons. The molecule has 0 aliphatic carbocycles. The smallest absolute Gasteiger partial charge is 0.212 e. The number of ether oxygens (including phenoxy) is 1. The fourth-order valence-corrected chi connectivity index (χ4v) is 1.63. The van der Waals surface area contributed by atoms with Gasteiger partial charge in [0.15, 0.2) is 0 Å².